The molecule has 2 aliphatic rings. The second kappa shape index (κ2) is 8.61. The van der Waals surface area contributed by atoms with E-state index in [1.807, 2.05) is 0 Å². The summed E-state index contributed by atoms with van der Waals surface area (Å²) in [5.74, 6) is -1.92. The summed E-state index contributed by atoms with van der Waals surface area (Å²) in [5, 5.41) is 16.7. The minimum Gasteiger partial charge on any atom is -0.435 e. The molecule has 0 radical (unpaired) electrons. The van der Waals surface area contributed by atoms with E-state index < -0.39 is 39.8 Å². The van der Waals surface area contributed by atoms with Gasteiger partial charge >= 0.3 is 6.61 Å². The van der Waals surface area contributed by atoms with E-state index in [0.717, 1.165) is 18.2 Å². The number of ether oxygens (including phenoxy) is 1. The van der Waals surface area contributed by atoms with E-state index in [-0.39, 0.29) is 40.8 Å². The number of aromatic nitrogens is 2. The largest absolute Gasteiger partial charge is 0.435 e. The van der Waals surface area contributed by atoms with Crippen molar-refractivity contribution in [3.05, 3.63) is 35.3 Å². The maximum atomic E-state index is 14.7. The van der Waals surface area contributed by atoms with Gasteiger partial charge in [0, 0.05) is 29.2 Å². The van der Waals surface area contributed by atoms with Gasteiger partial charge in [-0.15, -0.1) is 0 Å². The van der Waals surface area contributed by atoms with Crippen LogP contribution in [0, 0.1) is 23.1 Å². The van der Waals surface area contributed by atoms with Gasteiger partial charge in [0.15, 0.2) is 9.84 Å². The van der Waals surface area contributed by atoms with Crippen molar-refractivity contribution in [1.82, 2.24) is 15.1 Å². The molecule has 182 valence electrons. The van der Waals surface area contributed by atoms with E-state index in [2.05, 4.69) is 21.2 Å². The quantitative estimate of drug-likeness (QED) is 0.658. The normalized spacial score (nSPS) is 21.1. The standard InChI is InChI=1S/C22H23F3N4O4S/c1-12(9-26)29-18-7-13(20(30)27-22(2)10-34(31,32)11-22)3-5-15(18)19(28-29)16-8-14(33-21(24)25)4-6-17(16)23/h4,6,8,12-13,21H,3,5,7,10-11H2,1-2H3,(H,27,30). The molecule has 0 spiro atoms. The molecule has 1 aliphatic carbocycles. The van der Waals surface area contributed by atoms with Gasteiger partial charge in [-0.05, 0) is 44.9 Å². The van der Waals surface area contributed by atoms with Gasteiger partial charge in [0.05, 0.1) is 28.8 Å². The molecule has 2 aromatic rings. The van der Waals surface area contributed by atoms with Crippen LogP contribution in [0.5, 0.6) is 5.75 Å². The Hall–Kier alpha value is -3.07. The molecule has 1 aliphatic heterocycles. The molecule has 1 aromatic carbocycles. The molecular formula is C22H23F3N4O4S. The molecule has 0 saturated carbocycles. The van der Waals surface area contributed by atoms with Gasteiger partial charge in [-0.1, -0.05) is 0 Å². The first-order valence-corrected chi connectivity index (χ1v) is 12.5. The molecule has 34 heavy (non-hydrogen) atoms. The minimum absolute atomic E-state index is 0.0339. The van der Waals surface area contributed by atoms with Gasteiger partial charge < -0.3 is 10.1 Å². The molecule has 0 bridgehead atoms. The fourth-order valence-electron chi connectivity index (χ4n) is 4.71. The van der Waals surface area contributed by atoms with Crippen molar-refractivity contribution in [3.63, 3.8) is 0 Å². The van der Waals surface area contributed by atoms with Crippen molar-refractivity contribution < 1.29 is 31.1 Å². The Bertz CT molecular complexity index is 1270. The van der Waals surface area contributed by atoms with Crippen LogP contribution in [-0.2, 0) is 27.5 Å². The topological polar surface area (TPSA) is 114 Å². The zero-order chi connectivity index (χ0) is 24.8. The third-order valence-corrected chi connectivity index (χ3v) is 8.30. The van der Waals surface area contributed by atoms with Gasteiger partial charge in [-0.3, -0.25) is 9.48 Å². The third-order valence-electron chi connectivity index (χ3n) is 6.15. The highest BCUT2D eigenvalue weighted by Gasteiger charge is 2.46. The molecule has 1 N–H and O–H groups in total. The first-order valence-electron chi connectivity index (χ1n) is 10.7. The molecule has 4 rings (SSSR count). The molecule has 1 fully saturated rings. The van der Waals surface area contributed by atoms with Gasteiger partial charge in [0.1, 0.15) is 17.6 Å². The van der Waals surface area contributed by atoms with Crippen molar-refractivity contribution >= 4 is 15.7 Å². The monoisotopic (exact) mass is 496 g/mol. The van der Waals surface area contributed by atoms with Crippen LogP contribution in [0.3, 0.4) is 0 Å². The average Bonchev–Trinajstić information content (AvgIpc) is 3.11. The Kier molecular flexibility index (Phi) is 6.10. The zero-order valence-corrected chi connectivity index (χ0v) is 19.3. The van der Waals surface area contributed by atoms with Gasteiger partial charge in [-0.2, -0.15) is 19.1 Å². The van der Waals surface area contributed by atoms with Crippen LogP contribution < -0.4 is 10.1 Å². The first kappa shape index (κ1) is 24.1. The number of fused-ring (bicyclic) bond motifs is 1. The second-order valence-electron chi connectivity index (χ2n) is 9.07. The summed E-state index contributed by atoms with van der Waals surface area (Å²) in [7, 11) is -3.14. The SMILES string of the molecule is CC(C#N)n1nc(-c2cc(OC(F)F)ccc2F)c2c1CC(C(=O)NC1(C)CS(=O)(=O)C1)CC2. The van der Waals surface area contributed by atoms with E-state index in [1.165, 1.54) is 4.68 Å². The van der Waals surface area contributed by atoms with Gasteiger partial charge in [0.2, 0.25) is 5.91 Å². The zero-order valence-electron chi connectivity index (χ0n) is 18.5. The van der Waals surface area contributed by atoms with Crippen molar-refractivity contribution in [1.29, 1.82) is 5.26 Å². The molecule has 1 saturated heterocycles. The Morgan fingerprint density at radius 2 is 2.09 bits per heavy atom. The first-order chi connectivity index (χ1) is 15.9. The second-order valence-corrected chi connectivity index (χ2v) is 11.1. The van der Waals surface area contributed by atoms with Crippen LogP contribution in [0.2, 0.25) is 0 Å². The summed E-state index contributed by atoms with van der Waals surface area (Å²) in [4.78, 5) is 12.9. The fourth-order valence-corrected chi connectivity index (χ4v) is 6.72. The molecule has 1 aromatic heterocycles. The van der Waals surface area contributed by atoms with E-state index in [0.29, 0.717) is 24.1 Å². The van der Waals surface area contributed by atoms with Crippen molar-refractivity contribution in [2.45, 2.75) is 51.3 Å². The number of rotatable bonds is 6. The number of nitrogens with zero attached hydrogens (tertiary/aromatic N) is 3. The number of alkyl halides is 2. The summed E-state index contributed by atoms with van der Waals surface area (Å²) in [5.41, 5.74) is 0.590. The summed E-state index contributed by atoms with van der Waals surface area (Å²) in [6, 6.07) is 4.60. The van der Waals surface area contributed by atoms with E-state index in [9.17, 15) is 31.6 Å². The molecule has 1 amide bonds. The van der Waals surface area contributed by atoms with Crippen LogP contribution in [0.4, 0.5) is 13.2 Å². The number of halogens is 3. The number of hydrogen-bond acceptors (Lipinski definition) is 6. The lowest BCUT2D eigenvalue weighted by Gasteiger charge is -2.39. The Morgan fingerprint density at radius 1 is 1.38 bits per heavy atom. The Balaban J connectivity index is 1.66. The van der Waals surface area contributed by atoms with Crippen LogP contribution in [0.25, 0.3) is 11.3 Å². The number of hydrogen-bond donors (Lipinski definition) is 1. The van der Waals surface area contributed by atoms with Crippen LogP contribution in [0.1, 0.15) is 37.6 Å². The molecule has 2 unspecified atom stereocenters. The molecule has 2 atom stereocenters. The number of nitrogens with one attached hydrogen (secondary N) is 1. The predicted molar refractivity (Wildman–Crippen MR) is 115 cm³/mol. The maximum Gasteiger partial charge on any atom is 0.387 e. The van der Waals surface area contributed by atoms with Crippen molar-refractivity contribution in [2.24, 2.45) is 5.92 Å². The molecule has 12 heteroatoms. The highest BCUT2D eigenvalue weighted by atomic mass is 32.2. The lowest BCUT2D eigenvalue weighted by molar-refractivity contribution is -0.126. The van der Waals surface area contributed by atoms with Gasteiger partial charge in [-0.25, -0.2) is 12.8 Å². The highest BCUT2D eigenvalue weighted by molar-refractivity contribution is 7.93. The van der Waals surface area contributed by atoms with Gasteiger partial charge in [0.25, 0.3) is 0 Å². The van der Waals surface area contributed by atoms with Crippen LogP contribution in [0.15, 0.2) is 18.2 Å². The lowest BCUT2D eigenvalue weighted by Crippen LogP contribution is -2.64. The molecular weight excluding hydrogens is 473 g/mol. The predicted octanol–water partition coefficient (Wildman–Crippen LogP) is 2.78. The third kappa shape index (κ3) is 4.61. The number of carbonyl (C=O) groups is 1. The fraction of sp³-hybridized carbons (Fsp3) is 0.500. The van der Waals surface area contributed by atoms with Crippen molar-refractivity contribution in [2.75, 3.05) is 11.5 Å². The Morgan fingerprint density at radius 3 is 2.71 bits per heavy atom. The summed E-state index contributed by atoms with van der Waals surface area (Å²) >= 11 is 0. The highest BCUT2D eigenvalue weighted by Crippen LogP contribution is 2.37. The number of carbonyl (C=O) groups excluding carboxylic acids is 1. The summed E-state index contributed by atoms with van der Waals surface area (Å²) < 4.78 is 68.9. The maximum absolute atomic E-state index is 14.7. The lowest BCUT2D eigenvalue weighted by atomic mass is 9.84. The average molecular weight is 497 g/mol. The van der Waals surface area contributed by atoms with E-state index in [1.54, 1.807) is 13.8 Å². The van der Waals surface area contributed by atoms with E-state index in [4.69, 9.17) is 0 Å². The number of nitriles is 1. The number of sulfone groups is 1. The number of benzene rings is 1. The minimum atomic E-state index is -3.14. The van der Waals surface area contributed by atoms with Crippen LogP contribution >= 0.6 is 0 Å². The van der Waals surface area contributed by atoms with E-state index >= 15 is 0 Å². The molecule has 8 nitrogen and oxygen atoms in total. The Labute approximate surface area is 194 Å². The summed E-state index contributed by atoms with van der Waals surface area (Å²) in [6.07, 6.45) is 0.962. The summed E-state index contributed by atoms with van der Waals surface area (Å²) in [6.45, 7) is 0.209. The van der Waals surface area contributed by atoms with Crippen molar-refractivity contribution in [3.8, 4) is 23.1 Å². The number of amides is 1. The van der Waals surface area contributed by atoms with Crippen LogP contribution in [-0.4, -0.2) is 47.8 Å². The smallest absolute Gasteiger partial charge is 0.387 e. The molecule has 2 heterocycles.